The van der Waals surface area contributed by atoms with Crippen LogP contribution < -0.4 is 5.76 Å². The zero-order chi connectivity index (χ0) is 16.9. The smallest absolute Gasteiger partial charge is 0.379 e. The van der Waals surface area contributed by atoms with Gasteiger partial charge in [0.1, 0.15) is 11.5 Å². The van der Waals surface area contributed by atoms with Crippen LogP contribution in [0.5, 0.6) is 0 Å². The first kappa shape index (κ1) is 16.0. The van der Waals surface area contributed by atoms with E-state index in [-0.39, 0.29) is 24.3 Å². The molecule has 8 heteroatoms. The van der Waals surface area contributed by atoms with Crippen molar-refractivity contribution < 1.29 is 13.7 Å². The predicted octanol–water partition coefficient (Wildman–Crippen LogP) is 1.69. The Morgan fingerprint density at radius 3 is 2.75 bits per heavy atom. The van der Waals surface area contributed by atoms with Crippen molar-refractivity contribution in [3.63, 3.8) is 0 Å². The molecule has 24 heavy (non-hydrogen) atoms. The lowest BCUT2D eigenvalue weighted by atomic mass is 10.1. The molecule has 7 nitrogen and oxygen atoms in total. The Labute approximate surface area is 136 Å². The van der Waals surface area contributed by atoms with Crippen LogP contribution in [-0.4, -0.2) is 32.9 Å². The summed E-state index contributed by atoms with van der Waals surface area (Å²) in [5, 5.41) is 3.76. The van der Waals surface area contributed by atoms with Gasteiger partial charge in [0.2, 0.25) is 5.82 Å². The molecule has 3 rings (SSSR count). The Morgan fingerprint density at radius 1 is 1.29 bits per heavy atom. The van der Waals surface area contributed by atoms with Crippen molar-refractivity contribution in [1.82, 2.24) is 19.7 Å². The second-order valence-electron chi connectivity index (χ2n) is 5.16. The molecule has 2 aromatic heterocycles. The third-order valence-electron chi connectivity index (χ3n) is 3.57. The van der Waals surface area contributed by atoms with Crippen molar-refractivity contribution in [2.45, 2.75) is 19.1 Å². The lowest BCUT2D eigenvalue weighted by Crippen LogP contribution is -2.27. The van der Waals surface area contributed by atoms with Crippen molar-refractivity contribution in [2.75, 3.05) is 7.11 Å². The molecule has 0 saturated carbocycles. The van der Waals surface area contributed by atoms with Crippen LogP contribution in [0, 0.1) is 5.82 Å². The highest BCUT2D eigenvalue weighted by atomic mass is 19.1. The Hall–Kier alpha value is -2.87. The van der Waals surface area contributed by atoms with Gasteiger partial charge < -0.3 is 4.74 Å². The highest BCUT2D eigenvalue weighted by Gasteiger charge is 2.19. The van der Waals surface area contributed by atoms with Gasteiger partial charge in [-0.25, -0.2) is 14.2 Å². The average molecular weight is 330 g/mol. The lowest BCUT2D eigenvalue weighted by Gasteiger charge is -2.16. The van der Waals surface area contributed by atoms with Crippen molar-refractivity contribution >= 4 is 0 Å². The van der Waals surface area contributed by atoms with E-state index in [0.29, 0.717) is 12.1 Å². The summed E-state index contributed by atoms with van der Waals surface area (Å²) in [7, 11) is 1.55. The van der Waals surface area contributed by atoms with Crippen LogP contribution in [-0.2, 0) is 17.7 Å². The molecule has 0 aliphatic carbocycles. The molecule has 0 aliphatic heterocycles. The highest BCUT2D eigenvalue weighted by Crippen LogP contribution is 2.14. The fourth-order valence-electron chi connectivity index (χ4n) is 2.34. The van der Waals surface area contributed by atoms with E-state index in [9.17, 15) is 9.18 Å². The minimum Gasteiger partial charge on any atom is -0.379 e. The molecule has 1 unspecified atom stereocenters. The fourth-order valence-corrected chi connectivity index (χ4v) is 2.34. The summed E-state index contributed by atoms with van der Waals surface area (Å²) in [6.07, 6.45) is 4.72. The van der Waals surface area contributed by atoms with Crippen molar-refractivity contribution in [3.05, 3.63) is 64.8 Å². The summed E-state index contributed by atoms with van der Waals surface area (Å²) in [6.45, 7) is 0.224. The number of halogens is 1. The van der Waals surface area contributed by atoms with Gasteiger partial charge in [0.05, 0.1) is 18.8 Å². The molecule has 1 atom stereocenters. The monoisotopic (exact) mass is 330 g/mol. The Morgan fingerprint density at radius 2 is 2.08 bits per heavy atom. The second-order valence-corrected chi connectivity index (χ2v) is 5.16. The maximum atomic E-state index is 13.0. The van der Waals surface area contributed by atoms with Gasteiger partial charge in [-0.2, -0.15) is 0 Å². The molecule has 2 heterocycles. The third kappa shape index (κ3) is 3.54. The Bertz CT molecular complexity index is 846. The molecular formula is C16H15FN4O3. The van der Waals surface area contributed by atoms with E-state index in [0.717, 1.165) is 5.56 Å². The van der Waals surface area contributed by atoms with Gasteiger partial charge in [0, 0.05) is 25.9 Å². The molecule has 0 radical (unpaired) electrons. The van der Waals surface area contributed by atoms with Crippen LogP contribution in [0.25, 0.3) is 11.5 Å². The molecule has 0 N–H and O–H groups in total. The standard InChI is InChI=1S/C16H15FN4O3/c1-23-13(8-11-2-4-12(17)5-3-11)10-21-15(20-24-16(21)22)14-9-18-6-7-19-14/h2-7,9,13H,8,10H2,1H3. The molecule has 0 saturated heterocycles. The summed E-state index contributed by atoms with van der Waals surface area (Å²) in [5.74, 6) is -0.612. The highest BCUT2D eigenvalue weighted by molar-refractivity contribution is 5.46. The number of benzene rings is 1. The van der Waals surface area contributed by atoms with Gasteiger partial charge in [-0.05, 0) is 17.7 Å². The third-order valence-corrected chi connectivity index (χ3v) is 3.57. The van der Waals surface area contributed by atoms with Crippen LogP contribution in [0.2, 0.25) is 0 Å². The maximum Gasteiger partial charge on any atom is 0.442 e. The number of hydrogen-bond acceptors (Lipinski definition) is 6. The van der Waals surface area contributed by atoms with Gasteiger partial charge in [0.15, 0.2) is 0 Å². The van der Waals surface area contributed by atoms with Gasteiger partial charge in [0.25, 0.3) is 0 Å². The van der Waals surface area contributed by atoms with E-state index in [1.165, 1.54) is 35.3 Å². The van der Waals surface area contributed by atoms with E-state index in [4.69, 9.17) is 9.26 Å². The van der Waals surface area contributed by atoms with Crippen LogP contribution in [0.3, 0.4) is 0 Å². The number of rotatable bonds is 6. The van der Waals surface area contributed by atoms with Gasteiger partial charge >= 0.3 is 5.76 Å². The topological polar surface area (TPSA) is 83.0 Å². The van der Waals surface area contributed by atoms with Crippen LogP contribution in [0.1, 0.15) is 5.56 Å². The Kier molecular flexibility index (Phi) is 4.76. The Balaban J connectivity index is 1.82. The molecule has 124 valence electrons. The molecule has 0 bridgehead atoms. The van der Waals surface area contributed by atoms with Crippen LogP contribution >= 0.6 is 0 Å². The molecule has 0 amide bonds. The molecule has 0 spiro atoms. The summed E-state index contributed by atoms with van der Waals surface area (Å²) in [4.78, 5) is 20.0. The normalized spacial score (nSPS) is 12.2. The number of aromatic nitrogens is 4. The summed E-state index contributed by atoms with van der Waals surface area (Å²) < 4.78 is 24.5. The summed E-state index contributed by atoms with van der Waals surface area (Å²) >= 11 is 0. The SMILES string of the molecule is COC(Cc1ccc(F)cc1)Cn1c(-c2cnccn2)noc1=O. The second kappa shape index (κ2) is 7.14. The largest absolute Gasteiger partial charge is 0.442 e. The molecular weight excluding hydrogens is 315 g/mol. The number of methoxy groups -OCH3 is 1. The predicted molar refractivity (Wildman–Crippen MR) is 82.7 cm³/mol. The molecule has 0 aliphatic rings. The van der Waals surface area contributed by atoms with Gasteiger partial charge in [-0.3, -0.25) is 14.1 Å². The first-order valence-electron chi connectivity index (χ1n) is 7.27. The lowest BCUT2D eigenvalue weighted by molar-refractivity contribution is 0.0865. The average Bonchev–Trinajstić information content (AvgIpc) is 2.97. The molecule has 3 aromatic rings. The van der Waals surface area contributed by atoms with Crippen molar-refractivity contribution in [3.8, 4) is 11.5 Å². The number of hydrogen-bond donors (Lipinski definition) is 0. The van der Waals surface area contributed by atoms with E-state index in [1.54, 1.807) is 19.2 Å². The van der Waals surface area contributed by atoms with E-state index in [1.807, 2.05) is 0 Å². The zero-order valence-corrected chi connectivity index (χ0v) is 12.9. The fraction of sp³-hybridized carbons (Fsp3) is 0.250. The quantitative estimate of drug-likeness (QED) is 0.684. The number of ether oxygens (including phenoxy) is 1. The van der Waals surface area contributed by atoms with Crippen molar-refractivity contribution in [1.29, 1.82) is 0 Å². The first-order valence-corrected chi connectivity index (χ1v) is 7.27. The minimum absolute atomic E-state index is 0.224. The zero-order valence-electron chi connectivity index (χ0n) is 12.9. The summed E-state index contributed by atoms with van der Waals surface area (Å²) in [6, 6.07) is 6.14. The summed E-state index contributed by atoms with van der Waals surface area (Å²) in [5.41, 5.74) is 1.33. The molecule has 1 aromatic carbocycles. The first-order chi connectivity index (χ1) is 11.7. The van der Waals surface area contributed by atoms with E-state index >= 15 is 0 Å². The van der Waals surface area contributed by atoms with Crippen LogP contribution in [0.15, 0.2) is 52.2 Å². The molecule has 0 fully saturated rings. The van der Waals surface area contributed by atoms with E-state index < -0.39 is 5.76 Å². The van der Waals surface area contributed by atoms with Crippen molar-refractivity contribution in [2.24, 2.45) is 0 Å². The van der Waals surface area contributed by atoms with Crippen LogP contribution in [0.4, 0.5) is 4.39 Å². The van der Waals surface area contributed by atoms with Gasteiger partial charge in [-0.15, -0.1) is 0 Å². The maximum absolute atomic E-state index is 13.0. The van der Waals surface area contributed by atoms with E-state index in [2.05, 4.69) is 15.1 Å². The number of nitrogens with zero attached hydrogens (tertiary/aromatic N) is 4. The minimum atomic E-state index is -0.600. The van der Waals surface area contributed by atoms with Gasteiger partial charge in [-0.1, -0.05) is 17.3 Å².